The lowest BCUT2D eigenvalue weighted by Crippen LogP contribution is -2.57. The first kappa shape index (κ1) is 28.3. The Balaban J connectivity index is 1.28. The lowest BCUT2D eigenvalue weighted by Gasteiger charge is -2.45. The third-order valence-electron chi connectivity index (χ3n) is 10.2. The lowest BCUT2D eigenvalue weighted by atomic mass is 9.82. The van der Waals surface area contributed by atoms with Gasteiger partial charge in [0.2, 0.25) is 0 Å². The maximum atomic E-state index is 14.5. The lowest BCUT2D eigenvalue weighted by molar-refractivity contribution is 0.0564. The number of carbonyl (C=O) groups is 4. The van der Waals surface area contributed by atoms with Crippen LogP contribution in [0, 0.1) is 13.8 Å². The molecule has 1 atom stereocenters. The molecule has 9 nitrogen and oxygen atoms in total. The van der Waals surface area contributed by atoms with Crippen LogP contribution in [0.3, 0.4) is 0 Å². The topological polar surface area (TPSA) is 84.5 Å². The number of likely N-dealkylation sites (N-methyl/N-ethyl adjacent to an activating group) is 1. The van der Waals surface area contributed by atoms with E-state index in [1.807, 2.05) is 47.5 Å². The normalized spacial score (nSPS) is 18.9. The summed E-state index contributed by atoms with van der Waals surface area (Å²) < 4.78 is 0. The maximum absolute atomic E-state index is 14.5. The fraction of sp³-hybridized carbons (Fsp3) is 0.297. The number of rotatable bonds is 4. The molecule has 0 saturated heterocycles. The van der Waals surface area contributed by atoms with E-state index in [0.717, 1.165) is 42.0 Å². The Morgan fingerprint density at radius 3 is 1.72 bits per heavy atom. The number of amides is 4. The molecule has 0 spiro atoms. The van der Waals surface area contributed by atoms with Crippen molar-refractivity contribution in [1.29, 1.82) is 0 Å². The van der Waals surface area contributed by atoms with Crippen LogP contribution < -0.4 is 14.9 Å². The maximum Gasteiger partial charge on any atom is 0.280 e. The van der Waals surface area contributed by atoms with Gasteiger partial charge in [0.15, 0.2) is 0 Å². The third kappa shape index (κ3) is 3.68. The standard InChI is InChI=1S/C37H35N5O4/c1-5-23-15-16-39(27-12-8-7-11-24(23)27)41-34(43)25-19-22(4)31-33-26(20-21(3)30(32(25)33)36(41)45)35(44)42(37(31)46)40-18-17-38(6-2)28-13-9-10-14-29(28)40/h7-14,19-20,23H,5-6,15-18H2,1-4H3. The smallest absolute Gasteiger partial charge is 0.280 e. The number of carbonyl (C=O) groups excluding carboxylic acids is 4. The van der Waals surface area contributed by atoms with E-state index in [1.54, 1.807) is 31.0 Å². The average molecular weight is 614 g/mol. The van der Waals surface area contributed by atoms with E-state index in [1.165, 1.54) is 10.0 Å². The van der Waals surface area contributed by atoms with Crippen molar-refractivity contribution in [3.05, 3.63) is 99.6 Å². The van der Waals surface area contributed by atoms with Gasteiger partial charge < -0.3 is 4.90 Å². The molecule has 4 amide bonds. The Hall–Kier alpha value is -5.18. The average Bonchev–Trinajstić information content (AvgIpc) is 3.06. The van der Waals surface area contributed by atoms with Crippen molar-refractivity contribution in [3.63, 3.8) is 0 Å². The molecule has 0 aliphatic carbocycles. The van der Waals surface area contributed by atoms with E-state index in [9.17, 15) is 19.2 Å². The summed E-state index contributed by atoms with van der Waals surface area (Å²) in [5.41, 5.74) is 6.29. The van der Waals surface area contributed by atoms with Crippen molar-refractivity contribution in [2.45, 2.75) is 46.5 Å². The van der Waals surface area contributed by atoms with Crippen molar-refractivity contribution in [2.24, 2.45) is 0 Å². The molecule has 4 heterocycles. The Labute approximate surface area is 267 Å². The highest BCUT2D eigenvalue weighted by atomic mass is 16.2. The molecule has 4 aromatic rings. The van der Waals surface area contributed by atoms with Crippen LogP contribution in [0.15, 0.2) is 60.7 Å². The molecule has 232 valence electrons. The molecule has 0 N–H and O–H groups in total. The van der Waals surface area contributed by atoms with E-state index < -0.39 is 23.6 Å². The molecular formula is C37H35N5O4. The number of imide groups is 2. The Bertz CT molecular complexity index is 1890. The number of aryl methyl sites for hydroxylation is 2. The highest BCUT2D eigenvalue weighted by Crippen LogP contribution is 2.45. The van der Waals surface area contributed by atoms with Crippen LogP contribution >= 0.6 is 0 Å². The summed E-state index contributed by atoms with van der Waals surface area (Å²) >= 11 is 0. The molecule has 1 unspecified atom stereocenters. The van der Waals surface area contributed by atoms with Gasteiger partial charge in [-0.3, -0.25) is 29.2 Å². The number of benzene rings is 4. The summed E-state index contributed by atoms with van der Waals surface area (Å²) in [6.45, 7) is 10.3. The van der Waals surface area contributed by atoms with Crippen molar-refractivity contribution in [2.75, 3.05) is 41.1 Å². The third-order valence-corrected chi connectivity index (χ3v) is 10.2. The Morgan fingerprint density at radius 1 is 0.630 bits per heavy atom. The van der Waals surface area contributed by atoms with Crippen LogP contribution in [-0.4, -0.2) is 59.8 Å². The zero-order valence-electron chi connectivity index (χ0n) is 26.5. The molecule has 0 radical (unpaired) electrons. The monoisotopic (exact) mass is 613 g/mol. The predicted molar refractivity (Wildman–Crippen MR) is 178 cm³/mol. The molecule has 8 rings (SSSR count). The summed E-state index contributed by atoms with van der Waals surface area (Å²) in [6, 6.07) is 19.2. The van der Waals surface area contributed by atoms with Gasteiger partial charge in [0, 0.05) is 30.4 Å². The number of fused-ring (bicyclic) bond motifs is 2. The van der Waals surface area contributed by atoms with Crippen LogP contribution in [-0.2, 0) is 0 Å². The molecule has 4 aliphatic heterocycles. The summed E-state index contributed by atoms with van der Waals surface area (Å²) in [6.07, 6.45) is 1.79. The van der Waals surface area contributed by atoms with Gasteiger partial charge >= 0.3 is 0 Å². The van der Waals surface area contributed by atoms with Gasteiger partial charge in [0.1, 0.15) is 0 Å². The van der Waals surface area contributed by atoms with Crippen molar-refractivity contribution >= 4 is 51.5 Å². The molecule has 0 bridgehead atoms. The number of hydrogen-bond donors (Lipinski definition) is 0. The van der Waals surface area contributed by atoms with E-state index >= 15 is 0 Å². The highest BCUT2D eigenvalue weighted by Gasteiger charge is 2.46. The number of nitrogens with zero attached hydrogens (tertiary/aromatic N) is 5. The quantitative estimate of drug-likeness (QED) is 0.253. The summed E-state index contributed by atoms with van der Waals surface area (Å²) in [4.78, 5) is 59.9. The molecule has 4 aliphatic rings. The molecule has 9 heteroatoms. The molecule has 0 aromatic heterocycles. The van der Waals surface area contributed by atoms with E-state index in [0.29, 0.717) is 69.7 Å². The van der Waals surface area contributed by atoms with Gasteiger partial charge in [0.05, 0.1) is 45.9 Å². The van der Waals surface area contributed by atoms with Gasteiger partial charge in [-0.25, -0.2) is 0 Å². The highest BCUT2D eigenvalue weighted by molar-refractivity contribution is 6.34. The largest absolute Gasteiger partial charge is 0.368 e. The Morgan fingerprint density at radius 2 is 1.15 bits per heavy atom. The summed E-state index contributed by atoms with van der Waals surface area (Å²) in [5.74, 6) is -1.44. The molecule has 46 heavy (non-hydrogen) atoms. The minimum atomic E-state index is -0.457. The molecular weight excluding hydrogens is 578 g/mol. The zero-order valence-corrected chi connectivity index (χ0v) is 26.5. The second kappa shape index (κ2) is 10.2. The second-order valence-electron chi connectivity index (χ2n) is 12.6. The van der Waals surface area contributed by atoms with E-state index in [-0.39, 0.29) is 0 Å². The van der Waals surface area contributed by atoms with Crippen molar-refractivity contribution < 1.29 is 19.2 Å². The molecule has 0 fully saturated rings. The predicted octanol–water partition coefficient (Wildman–Crippen LogP) is 6.23. The summed E-state index contributed by atoms with van der Waals surface area (Å²) in [5, 5.41) is 6.92. The van der Waals surface area contributed by atoms with Crippen LogP contribution in [0.2, 0.25) is 0 Å². The Kier molecular flexibility index (Phi) is 6.26. The van der Waals surface area contributed by atoms with Crippen molar-refractivity contribution in [3.8, 4) is 0 Å². The number of hydrazine groups is 2. The van der Waals surface area contributed by atoms with Gasteiger partial charge in [-0.05, 0) is 86.6 Å². The van der Waals surface area contributed by atoms with Crippen LogP contribution in [0.5, 0.6) is 0 Å². The van der Waals surface area contributed by atoms with E-state index in [2.05, 4.69) is 24.8 Å². The van der Waals surface area contributed by atoms with Gasteiger partial charge in [-0.2, -0.15) is 10.0 Å². The number of hydrogen-bond acceptors (Lipinski definition) is 7. The first-order valence-electron chi connectivity index (χ1n) is 16.1. The first-order valence-corrected chi connectivity index (χ1v) is 16.1. The summed E-state index contributed by atoms with van der Waals surface area (Å²) in [7, 11) is 0. The zero-order chi connectivity index (χ0) is 32.0. The van der Waals surface area contributed by atoms with Gasteiger partial charge in [0.25, 0.3) is 23.6 Å². The van der Waals surface area contributed by atoms with Crippen LogP contribution in [0.25, 0.3) is 10.8 Å². The minimum absolute atomic E-state index is 0.328. The van der Waals surface area contributed by atoms with Crippen molar-refractivity contribution in [1.82, 2.24) is 10.0 Å². The van der Waals surface area contributed by atoms with Crippen LogP contribution in [0.1, 0.15) is 90.7 Å². The van der Waals surface area contributed by atoms with Gasteiger partial charge in [-0.15, -0.1) is 0 Å². The van der Waals surface area contributed by atoms with Crippen LogP contribution in [0.4, 0.5) is 17.1 Å². The van der Waals surface area contributed by atoms with E-state index in [4.69, 9.17) is 0 Å². The SMILES string of the molecule is CCC1CCN(N2C(=O)c3cc(C)c4c5c(cc(C)c(c35)C2=O)C(=O)N(N2CCN(CC)c3ccccc32)C4=O)c2ccccc21. The van der Waals surface area contributed by atoms with Gasteiger partial charge in [-0.1, -0.05) is 37.3 Å². The number of anilines is 3. The second-order valence-corrected chi connectivity index (χ2v) is 12.6. The fourth-order valence-electron chi connectivity index (χ4n) is 8.05. The minimum Gasteiger partial charge on any atom is -0.368 e. The molecule has 4 aromatic carbocycles. The first-order chi connectivity index (χ1) is 22.3. The molecule has 0 saturated carbocycles. The number of para-hydroxylation sites is 3. The fourth-order valence-corrected chi connectivity index (χ4v) is 8.05.